The molecular weight excluding hydrogens is 242 g/mol. The molecule has 0 atom stereocenters. The number of benzene rings is 1. The van der Waals surface area contributed by atoms with Crippen LogP contribution in [0, 0.1) is 13.8 Å². The van der Waals surface area contributed by atoms with E-state index in [4.69, 9.17) is 5.11 Å². The molecule has 1 aromatic carbocycles. The van der Waals surface area contributed by atoms with Crippen molar-refractivity contribution in [3.05, 3.63) is 29.3 Å². The Labute approximate surface area is 114 Å². The molecule has 1 amide bonds. The Balaban J connectivity index is 3.07. The van der Waals surface area contributed by atoms with Crippen LogP contribution in [-0.2, 0) is 9.59 Å². The Bertz CT molecular complexity index is 448. The Morgan fingerprint density at radius 1 is 1.16 bits per heavy atom. The maximum Gasteiger partial charge on any atom is 0.305 e. The second-order valence-corrected chi connectivity index (χ2v) is 4.68. The van der Waals surface area contributed by atoms with Gasteiger partial charge in [0.2, 0.25) is 5.91 Å². The standard InChI is InChI=1S/C15H21NO3/c1-4-6-13(17)16(10-9-14(18)19)15-11(2)7-5-8-12(15)3/h5,7-8H,4,6,9-10H2,1-3H3,(H,18,19). The first-order valence-corrected chi connectivity index (χ1v) is 6.55. The van der Waals surface area contributed by atoms with E-state index in [1.807, 2.05) is 39.0 Å². The smallest absolute Gasteiger partial charge is 0.305 e. The first kappa shape index (κ1) is 15.2. The molecule has 1 N–H and O–H groups in total. The molecule has 0 radical (unpaired) electrons. The van der Waals surface area contributed by atoms with Gasteiger partial charge in [0.15, 0.2) is 0 Å². The van der Waals surface area contributed by atoms with Crippen LogP contribution < -0.4 is 4.90 Å². The lowest BCUT2D eigenvalue weighted by Gasteiger charge is -2.25. The second-order valence-electron chi connectivity index (χ2n) is 4.68. The Kier molecular flexibility index (Phi) is 5.55. The van der Waals surface area contributed by atoms with Crippen LogP contribution in [-0.4, -0.2) is 23.5 Å². The van der Waals surface area contributed by atoms with E-state index in [1.54, 1.807) is 4.90 Å². The largest absolute Gasteiger partial charge is 0.481 e. The van der Waals surface area contributed by atoms with Crippen LogP contribution in [0.15, 0.2) is 18.2 Å². The highest BCUT2D eigenvalue weighted by Gasteiger charge is 2.19. The van der Waals surface area contributed by atoms with Crippen molar-refractivity contribution in [2.45, 2.75) is 40.0 Å². The second kappa shape index (κ2) is 6.92. The number of hydrogen-bond acceptors (Lipinski definition) is 2. The molecule has 0 spiro atoms. The van der Waals surface area contributed by atoms with E-state index >= 15 is 0 Å². The fourth-order valence-electron chi connectivity index (χ4n) is 2.15. The monoisotopic (exact) mass is 263 g/mol. The van der Waals surface area contributed by atoms with Gasteiger partial charge in [0.05, 0.1) is 6.42 Å². The van der Waals surface area contributed by atoms with Gasteiger partial charge in [-0.25, -0.2) is 0 Å². The molecule has 4 heteroatoms. The van der Waals surface area contributed by atoms with Gasteiger partial charge in [-0.2, -0.15) is 0 Å². The molecule has 19 heavy (non-hydrogen) atoms. The zero-order valence-corrected chi connectivity index (χ0v) is 11.8. The molecule has 0 aromatic heterocycles. The third kappa shape index (κ3) is 4.09. The highest BCUT2D eigenvalue weighted by atomic mass is 16.4. The van der Waals surface area contributed by atoms with Crippen molar-refractivity contribution < 1.29 is 14.7 Å². The summed E-state index contributed by atoms with van der Waals surface area (Å²) in [6.45, 7) is 6.04. The lowest BCUT2D eigenvalue weighted by molar-refractivity contribution is -0.136. The molecular formula is C15H21NO3. The molecule has 0 saturated heterocycles. The Morgan fingerprint density at radius 3 is 2.21 bits per heavy atom. The lowest BCUT2D eigenvalue weighted by Crippen LogP contribution is -2.33. The zero-order chi connectivity index (χ0) is 14.4. The first-order chi connectivity index (χ1) is 8.97. The Hall–Kier alpha value is -1.84. The summed E-state index contributed by atoms with van der Waals surface area (Å²) in [5.74, 6) is -0.901. The number of anilines is 1. The molecule has 0 fully saturated rings. The fraction of sp³-hybridized carbons (Fsp3) is 0.467. The van der Waals surface area contributed by atoms with Gasteiger partial charge in [-0.3, -0.25) is 9.59 Å². The number of nitrogens with zero attached hydrogens (tertiary/aromatic N) is 1. The molecule has 0 unspecified atom stereocenters. The van der Waals surface area contributed by atoms with Gasteiger partial charge in [-0.1, -0.05) is 25.1 Å². The van der Waals surface area contributed by atoms with Gasteiger partial charge in [0, 0.05) is 18.7 Å². The van der Waals surface area contributed by atoms with Crippen molar-refractivity contribution in [2.24, 2.45) is 0 Å². The van der Waals surface area contributed by atoms with E-state index in [-0.39, 0.29) is 18.9 Å². The number of carbonyl (C=O) groups excluding carboxylic acids is 1. The predicted molar refractivity (Wildman–Crippen MR) is 75.4 cm³/mol. The quantitative estimate of drug-likeness (QED) is 0.858. The summed E-state index contributed by atoms with van der Waals surface area (Å²) >= 11 is 0. The van der Waals surface area contributed by atoms with Crippen molar-refractivity contribution in [1.29, 1.82) is 0 Å². The number of rotatable bonds is 6. The molecule has 0 aliphatic carbocycles. The van der Waals surface area contributed by atoms with Gasteiger partial charge in [0.25, 0.3) is 0 Å². The van der Waals surface area contributed by atoms with Gasteiger partial charge >= 0.3 is 5.97 Å². The molecule has 0 saturated carbocycles. The predicted octanol–water partition coefficient (Wildman–Crippen LogP) is 2.91. The van der Waals surface area contributed by atoms with Crippen molar-refractivity contribution >= 4 is 17.6 Å². The number of amides is 1. The number of carboxylic acid groups (broad SMARTS) is 1. The van der Waals surface area contributed by atoms with E-state index in [2.05, 4.69) is 0 Å². The molecule has 0 aliphatic heterocycles. The zero-order valence-electron chi connectivity index (χ0n) is 11.8. The number of hydrogen-bond donors (Lipinski definition) is 1. The van der Waals surface area contributed by atoms with Crippen LogP contribution >= 0.6 is 0 Å². The number of carboxylic acids is 1. The van der Waals surface area contributed by atoms with E-state index in [9.17, 15) is 9.59 Å². The molecule has 1 aromatic rings. The molecule has 0 bridgehead atoms. The van der Waals surface area contributed by atoms with Crippen molar-refractivity contribution in [3.8, 4) is 0 Å². The van der Waals surface area contributed by atoms with Gasteiger partial charge in [0.1, 0.15) is 0 Å². The van der Waals surface area contributed by atoms with Gasteiger partial charge in [-0.15, -0.1) is 0 Å². The summed E-state index contributed by atoms with van der Waals surface area (Å²) in [4.78, 5) is 24.6. The Morgan fingerprint density at radius 2 is 1.74 bits per heavy atom. The summed E-state index contributed by atoms with van der Waals surface area (Å²) in [6, 6.07) is 5.82. The van der Waals surface area contributed by atoms with Crippen LogP contribution in [0.4, 0.5) is 5.69 Å². The van der Waals surface area contributed by atoms with Crippen LogP contribution in [0.2, 0.25) is 0 Å². The SMILES string of the molecule is CCCC(=O)N(CCC(=O)O)c1c(C)cccc1C. The highest BCUT2D eigenvalue weighted by molar-refractivity contribution is 5.95. The molecule has 4 nitrogen and oxygen atoms in total. The highest BCUT2D eigenvalue weighted by Crippen LogP contribution is 2.25. The van der Waals surface area contributed by atoms with E-state index in [0.29, 0.717) is 6.42 Å². The van der Waals surface area contributed by atoms with E-state index in [1.165, 1.54) is 0 Å². The summed E-state index contributed by atoms with van der Waals surface area (Å²) < 4.78 is 0. The maximum absolute atomic E-state index is 12.2. The normalized spacial score (nSPS) is 10.3. The van der Waals surface area contributed by atoms with E-state index < -0.39 is 5.97 Å². The summed E-state index contributed by atoms with van der Waals surface area (Å²) in [7, 11) is 0. The third-order valence-corrected chi connectivity index (χ3v) is 3.02. The topological polar surface area (TPSA) is 57.6 Å². The summed E-state index contributed by atoms with van der Waals surface area (Å²) in [5.41, 5.74) is 2.84. The van der Waals surface area contributed by atoms with Crippen LogP contribution in [0.5, 0.6) is 0 Å². The average Bonchev–Trinajstić information content (AvgIpc) is 2.32. The average molecular weight is 263 g/mol. The number of para-hydroxylation sites is 1. The number of carbonyl (C=O) groups is 2. The van der Waals surface area contributed by atoms with Gasteiger partial charge < -0.3 is 10.0 Å². The molecule has 104 valence electrons. The van der Waals surface area contributed by atoms with Crippen molar-refractivity contribution in [2.75, 3.05) is 11.4 Å². The minimum Gasteiger partial charge on any atom is -0.481 e. The van der Waals surface area contributed by atoms with Crippen LogP contribution in [0.3, 0.4) is 0 Å². The maximum atomic E-state index is 12.2. The lowest BCUT2D eigenvalue weighted by atomic mass is 10.1. The summed E-state index contributed by atoms with van der Waals surface area (Å²) in [5, 5.41) is 8.82. The fourth-order valence-corrected chi connectivity index (χ4v) is 2.15. The van der Waals surface area contributed by atoms with Crippen LogP contribution in [0.25, 0.3) is 0 Å². The number of aryl methyl sites for hydroxylation is 2. The van der Waals surface area contributed by atoms with Crippen molar-refractivity contribution in [1.82, 2.24) is 0 Å². The summed E-state index contributed by atoms with van der Waals surface area (Å²) in [6.07, 6.45) is 1.16. The van der Waals surface area contributed by atoms with Crippen LogP contribution in [0.1, 0.15) is 37.3 Å². The number of aliphatic carboxylic acids is 1. The van der Waals surface area contributed by atoms with Crippen molar-refractivity contribution in [3.63, 3.8) is 0 Å². The third-order valence-electron chi connectivity index (χ3n) is 3.02. The van der Waals surface area contributed by atoms with E-state index in [0.717, 1.165) is 23.2 Å². The molecule has 0 aliphatic rings. The first-order valence-electron chi connectivity index (χ1n) is 6.55. The molecule has 1 rings (SSSR count). The minimum atomic E-state index is -0.888. The minimum absolute atomic E-state index is 0.0128. The van der Waals surface area contributed by atoms with Gasteiger partial charge in [-0.05, 0) is 31.4 Å². The molecule has 0 heterocycles.